The molecule has 6 nitrogen and oxygen atoms in total. The third-order valence-electron chi connectivity index (χ3n) is 4.73. The highest BCUT2D eigenvalue weighted by molar-refractivity contribution is 7.13. The van der Waals surface area contributed by atoms with Gasteiger partial charge in [-0.1, -0.05) is 6.07 Å². The Labute approximate surface area is 165 Å². The van der Waals surface area contributed by atoms with E-state index in [4.69, 9.17) is 4.42 Å². The maximum Gasteiger partial charge on any atom is 0.273 e. The maximum atomic E-state index is 13.7. The number of furan rings is 1. The fraction of sp³-hybridized carbons (Fsp3) is 0.250. The second kappa shape index (κ2) is 7.55. The van der Waals surface area contributed by atoms with E-state index in [0.29, 0.717) is 53.8 Å². The maximum absolute atomic E-state index is 13.7. The topological polar surface area (TPSA) is 66.7 Å². The van der Waals surface area contributed by atoms with E-state index in [1.165, 1.54) is 17.4 Å². The van der Waals surface area contributed by atoms with Crippen molar-refractivity contribution in [3.63, 3.8) is 0 Å². The van der Waals surface area contributed by atoms with Crippen LogP contribution < -0.4 is 0 Å². The van der Waals surface area contributed by atoms with Crippen molar-refractivity contribution in [2.75, 3.05) is 26.2 Å². The first kappa shape index (κ1) is 18.4. The number of hydrogen-bond donors (Lipinski definition) is 0. The Morgan fingerprint density at radius 3 is 2.46 bits per heavy atom. The minimum atomic E-state index is -0.393. The van der Waals surface area contributed by atoms with E-state index >= 15 is 0 Å². The van der Waals surface area contributed by atoms with Crippen LogP contribution in [-0.4, -0.2) is 52.8 Å². The second-order valence-corrected chi connectivity index (χ2v) is 7.42. The SMILES string of the molecule is Cc1ccc(C(=O)N2CCN(C(=O)c3csc(-c4ccco4)n3)CC2)cc1F. The summed E-state index contributed by atoms with van der Waals surface area (Å²) in [6, 6.07) is 8.06. The number of aromatic nitrogens is 1. The average molecular weight is 399 g/mol. The lowest BCUT2D eigenvalue weighted by atomic mass is 10.1. The van der Waals surface area contributed by atoms with Crippen LogP contribution in [0.3, 0.4) is 0 Å². The third kappa shape index (κ3) is 3.55. The van der Waals surface area contributed by atoms with E-state index in [1.54, 1.807) is 52.6 Å². The zero-order valence-electron chi connectivity index (χ0n) is 15.2. The van der Waals surface area contributed by atoms with Crippen molar-refractivity contribution in [2.24, 2.45) is 0 Å². The Balaban J connectivity index is 1.39. The van der Waals surface area contributed by atoms with Gasteiger partial charge in [0.1, 0.15) is 11.5 Å². The summed E-state index contributed by atoms with van der Waals surface area (Å²) >= 11 is 1.35. The summed E-state index contributed by atoms with van der Waals surface area (Å²) in [6.45, 7) is 3.27. The standard InChI is InChI=1S/C20H18FN3O3S/c1-13-4-5-14(11-15(13)21)19(25)23-6-8-24(9-7-23)20(26)16-12-28-18(22-16)17-3-2-10-27-17/h2-5,10-12H,6-9H2,1H3. The molecule has 0 N–H and O–H groups in total. The van der Waals surface area contributed by atoms with Crippen molar-refractivity contribution in [3.8, 4) is 10.8 Å². The van der Waals surface area contributed by atoms with Gasteiger partial charge in [0.25, 0.3) is 11.8 Å². The molecule has 28 heavy (non-hydrogen) atoms. The zero-order chi connectivity index (χ0) is 19.7. The average Bonchev–Trinajstić information content (AvgIpc) is 3.41. The van der Waals surface area contributed by atoms with Gasteiger partial charge in [-0.3, -0.25) is 9.59 Å². The van der Waals surface area contributed by atoms with Crippen LogP contribution in [0, 0.1) is 12.7 Å². The van der Waals surface area contributed by atoms with Gasteiger partial charge in [0.15, 0.2) is 10.8 Å². The van der Waals surface area contributed by atoms with Crippen molar-refractivity contribution in [1.82, 2.24) is 14.8 Å². The predicted octanol–water partition coefficient (Wildman–Crippen LogP) is 3.45. The molecular weight excluding hydrogens is 381 g/mol. The Morgan fingerprint density at radius 1 is 1.11 bits per heavy atom. The van der Waals surface area contributed by atoms with E-state index in [1.807, 2.05) is 0 Å². The Hall–Kier alpha value is -3.00. The van der Waals surface area contributed by atoms with Gasteiger partial charge in [-0.25, -0.2) is 9.37 Å². The highest BCUT2D eigenvalue weighted by atomic mass is 32.1. The molecule has 144 valence electrons. The van der Waals surface area contributed by atoms with E-state index in [9.17, 15) is 14.0 Å². The Morgan fingerprint density at radius 2 is 1.82 bits per heavy atom. The molecule has 0 unspecified atom stereocenters. The highest BCUT2D eigenvalue weighted by Crippen LogP contribution is 2.24. The molecule has 0 radical (unpaired) electrons. The molecule has 1 aliphatic heterocycles. The number of carbonyl (C=O) groups is 2. The number of halogens is 1. The molecule has 0 atom stereocenters. The first-order valence-electron chi connectivity index (χ1n) is 8.87. The first-order chi connectivity index (χ1) is 13.5. The molecule has 2 aromatic heterocycles. The van der Waals surface area contributed by atoms with Gasteiger partial charge in [-0.2, -0.15) is 0 Å². The molecule has 1 fully saturated rings. The number of amides is 2. The van der Waals surface area contributed by atoms with E-state index in [2.05, 4.69) is 4.98 Å². The van der Waals surface area contributed by atoms with Crippen LogP contribution in [0.15, 0.2) is 46.4 Å². The Bertz CT molecular complexity index is 1010. The van der Waals surface area contributed by atoms with Crippen LogP contribution in [-0.2, 0) is 0 Å². The number of carbonyl (C=O) groups excluding carboxylic acids is 2. The number of thiazole rings is 1. The van der Waals surface area contributed by atoms with Crippen molar-refractivity contribution in [3.05, 3.63) is 64.6 Å². The molecular formula is C20H18FN3O3S. The zero-order valence-corrected chi connectivity index (χ0v) is 16.0. The molecule has 2 amide bonds. The van der Waals surface area contributed by atoms with Gasteiger partial charge in [-0.05, 0) is 36.8 Å². The number of aryl methyl sites for hydroxylation is 1. The third-order valence-corrected chi connectivity index (χ3v) is 5.58. The Kier molecular flexibility index (Phi) is 4.95. The summed E-state index contributed by atoms with van der Waals surface area (Å²) in [7, 11) is 0. The van der Waals surface area contributed by atoms with Gasteiger partial charge in [0.05, 0.1) is 6.26 Å². The van der Waals surface area contributed by atoms with Gasteiger partial charge < -0.3 is 14.2 Å². The molecule has 8 heteroatoms. The first-order valence-corrected chi connectivity index (χ1v) is 9.75. The van der Waals surface area contributed by atoms with Crippen LogP contribution >= 0.6 is 11.3 Å². The second-order valence-electron chi connectivity index (χ2n) is 6.56. The minimum absolute atomic E-state index is 0.164. The highest BCUT2D eigenvalue weighted by Gasteiger charge is 2.27. The molecule has 1 aliphatic rings. The van der Waals surface area contributed by atoms with Crippen molar-refractivity contribution >= 4 is 23.2 Å². The predicted molar refractivity (Wildman–Crippen MR) is 103 cm³/mol. The van der Waals surface area contributed by atoms with E-state index in [0.717, 1.165) is 0 Å². The summed E-state index contributed by atoms with van der Waals surface area (Å²) in [5, 5.41) is 2.37. The van der Waals surface area contributed by atoms with Gasteiger partial charge >= 0.3 is 0 Å². The number of benzene rings is 1. The number of hydrogen-bond acceptors (Lipinski definition) is 5. The van der Waals surface area contributed by atoms with Crippen molar-refractivity contribution < 1.29 is 18.4 Å². The molecule has 3 heterocycles. The van der Waals surface area contributed by atoms with E-state index in [-0.39, 0.29) is 11.8 Å². The molecule has 0 saturated carbocycles. The van der Waals surface area contributed by atoms with Crippen LogP contribution in [0.1, 0.15) is 26.4 Å². The molecule has 0 aliphatic carbocycles. The monoisotopic (exact) mass is 399 g/mol. The smallest absolute Gasteiger partial charge is 0.273 e. The van der Waals surface area contributed by atoms with Crippen LogP contribution in [0.4, 0.5) is 4.39 Å². The lowest BCUT2D eigenvalue weighted by molar-refractivity contribution is 0.0532. The molecule has 3 aromatic rings. The molecule has 0 bridgehead atoms. The summed E-state index contributed by atoms with van der Waals surface area (Å²) < 4.78 is 19.0. The van der Waals surface area contributed by atoms with Gasteiger partial charge in [0, 0.05) is 37.1 Å². The summed E-state index contributed by atoms with van der Waals surface area (Å²) in [5.41, 5.74) is 1.20. The normalized spacial score (nSPS) is 14.4. The largest absolute Gasteiger partial charge is 0.462 e. The quantitative estimate of drug-likeness (QED) is 0.677. The summed E-state index contributed by atoms with van der Waals surface area (Å²) in [6.07, 6.45) is 1.56. The summed E-state index contributed by atoms with van der Waals surface area (Å²) in [4.78, 5) is 33.0. The molecule has 0 spiro atoms. The number of piperazine rings is 1. The fourth-order valence-corrected chi connectivity index (χ4v) is 3.83. The van der Waals surface area contributed by atoms with Crippen LogP contribution in [0.5, 0.6) is 0 Å². The van der Waals surface area contributed by atoms with Gasteiger partial charge in [0.2, 0.25) is 0 Å². The lowest BCUT2D eigenvalue weighted by Crippen LogP contribution is -2.50. The molecule has 4 rings (SSSR count). The van der Waals surface area contributed by atoms with E-state index < -0.39 is 5.82 Å². The fourth-order valence-electron chi connectivity index (χ4n) is 3.07. The van der Waals surface area contributed by atoms with Crippen LogP contribution in [0.2, 0.25) is 0 Å². The number of nitrogens with zero attached hydrogens (tertiary/aromatic N) is 3. The minimum Gasteiger partial charge on any atom is -0.462 e. The number of rotatable bonds is 3. The van der Waals surface area contributed by atoms with Gasteiger partial charge in [-0.15, -0.1) is 11.3 Å². The lowest BCUT2D eigenvalue weighted by Gasteiger charge is -2.34. The molecule has 1 aromatic carbocycles. The molecule has 1 saturated heterocycles. The van der Waals surface area contributed by atoms with Crippen LogP contribution in [0.25, 0.3) is 10.8 Å². The van der Waals surface area contributed by atoms with Crippen molar-refractivity contribution in [1.29, 1.82) is 0 Å². The summed E-state index contributed by atoms with van der Waals surface area (Å²) in [5.74, 6) is -0.150. The van der Waals surface area contributed by atoms with Crippen molar-refractivity contribution in [2.45, 2.75) is 6.92 Å².